The lowest BCUT2D eigenvalue weighted by Crippen LogP contribution is -2.16. The van der Waals surface area contributed by atoms with Crippen LogP contribution in [0.4, 0.5) is 11.5 Å². The second-order valence-corrected chi connectivity index (χ2v) is 4.44. The van der Waals surface area contributed by atoms with Gasteiger partial charge < -0.3 is 15.8 Å². The van der Waals surface area contributed by atoms with E-state index in [0.29, 0.717) is 11.6 Å². The molecule has 5 nitrogen and oxygen atoms in total. The molecule has 2 aromatic rings. The molecule has 1 aromatic heterocycles. The molecule has 0 spiro atoms. The van der Waals surface area contributed by atoms with Crippen LogP contribution in [-0.2, 0) is 4.74 Å². The first-order valence-corrected chi connectivity index (χ1v) is 5.93. The van der Waals surface area contributed by atoms with Crippen LogP contribution in [0.5, 0.6) is 0 Å². The van der Waals surface area contributed by atoms with Gasteiger partial charge in [0.2, 0.25) is 0 Å². The maximum absolute atomic E-state index is 5.79. The lowest BCUT2D eigenvalue weighted by atomic mass is 10.2. The van der Waals surface area contributed by atoms with Crippen molar-refractivity contribution in [2.45, 2.75) is 6.92 Å². The summed E-state index contributed by atoms with van der Waals surface area (Å²) in [4.78, 5) is 8.48. The predicted octanol–water partition coefficient (Wildman–Crippen LogP) is 1.91. The third-order valence-electron chi connectivity index (χ3n) is 2.73. The van der Waals surface area contributed by atoms with E-state index in [4.69, 9.17) is 10.5 Å². The number of nitrogens with zero attached hydrogens (tertiary/aromatic N) is 2. The Morgan fingerprint density at radius 2 is 2.22 bits per heavy atom. The van der Waals surface area contributed by atoms with Crippen molar-refractivity contribution in [3.8, 4) is 0 Å². The van der Waals surface area contributed by atoms with Gasteiger partial charge in [0.05, 0.1) is 12.1 Å². The number of aromatic nitrogens is 2. The summed E-state index contributed by atoms with van der Waals surface area (Å²) in [6, 6.07) is 5.63. The topological polar surface area (TPSA) is 73.1 Å². The molecular weight excluding hydrogens is 228 g/mol. The smallest absolute Gasteiger partial charge is 0.137 e. The molecule has 1 heterocycles. The summed E-state index contributed by atoms with van der Waals surface area (Å²) in [5.41, 5.74) is 7.40. The van der Waals surface area contributed by atoms with E-state index in [2.05, 4.69) is 22.2 Å². The summed E-state index contributed by atoms with van der Waals surface area (Å²) in [5, 5.41) is 4.26. The zero-order valence-corrected chi connectivity index (χ0v) is 10.7. The van der Waals surface area contributed by atoms with Crippen LogP contribution in [0.3, 0.4) is 0 Å². The van der Waals surface area contributed by atoms with Crippen molar-refractivity contribution >= 4 is 22.4 Å². The zero-order chi connectivity index (χ0) is 13.0. The van der Waals surface area contributed by atoms with Gasteiger partial charge in [-0.2, -0.15) is 0 Å². The van der Waals surface area contributed by atoms with E-state index in [1.807, 2.05) is 18.2 Å². The summed E-state index contributed by atoms with van der Waals surface area (Å²) in [5.74, 6) is 1.23. The number of nitrogen functional groups attached to an aromatic ring is 1. The standard InChI is InChI=1S/C13H18N4O/c1-9(7-18-2)6-15-13-11-5-10(14)3-4-12(11)16-8-17-13/h3-5,8-9H,6-7,14H2,1-2H3,(H,15,16,17). The van der Waals surface area contributed by atoms with Crippen molar-refractivity contribution in [1.82, 2.24) is 9.97 Å². The number of ether oxygens (including phenoxy) is 1. The molecule has 0 amide bonds. The van der Waals surface area contributed by atoms with Crippen LogP contribution < -0.4 is 11.1 Å². The first-order chi connectivity index (χ1) is 8.70. The Labute approximate surface area is 106 Å². The molecule has 2 rings (SSSR count). The molecule has 0 aliphatic heterocycles. The van der Waals surface area contributed by atoms with Crippen LogP contribution in [0.1, 0.15) is 6.92 Å². The van der Waals surface area contributed by atoms with Gasteiger partial charge in [0.1, 0.15) is 12.1 Å². The monoisotopic (exact) mass is 246 g/mol. The highest BCUT2D eigenvalue weighted by atomic mass is 16.5. The number of nitrogens with one attached hydrogen (secondary N) is 1. The van der Waals surface area contributed by atoms with Gasteiger partial charge in [0.25, 0.3) is 0 Å². The zero-order valence-electron chi connectivity index (χ0n) is 10.7. The van der Waals surface area contributed by atoms with Crippen LogP contribution >= 0.6 is 0 Å². The molecule has 96 valence electrons. The number of anilines is 2. The van der Waals surface area contributed by atoms with Crippen molar-refractivity contribution in [1.29, 1.82) is 0 Å². The third-order valence-corrected chi connectivity index (χ3v) is 2.73. The highest BCUT2D eigenvalue weighted by Crippen LogP contribution is 2.21. The minimum Gasteiger partial charge on any atom is -0.399 e. The number of methoxy groups -OCH3 is 1. The second kappa shape index (κ2) is 5.64. The van der Waals surface area contributed by atoms with Crippen molar-refractivity contribution in [3.63, 3.8) is 0 Å². The second-order valence-electron chi connectivity index (χ2n) is 4.44. The quantitative estimate of drug-likeness (QED) is 0.788. The Hall–Kier alpha value is -1.88. The number of nitrogens with two attached hydrogens (primary N) is 1. The minimum atomic E-state index is 0.418. The molecule has 18 heavy (non-hydrogen) atoms. The van der Waals surface area contributed by atoms with Crippen LogP contribution in [0, 0.1) is 5.92 Å². The van der Waals surface area contributed by atoms with E-state index in [1.165, 1.54) is 0 Å². The highest BCUT2D eigenvalue weighted by Gasteiger charge is 2.06. The Kier molecular flexibility index (Phi) is 3.94. The fourth-order valence-electron chi connectivity index (χ4n) is 1.83. The summed E-state index contributed by atoms with van der Waals surface area (Å²) < 4.78 is 5.11. The van der Waals surface area contributed by atoms with E-state index in [9.17, 15) is 0 Å². The highest BCUT2D eigenvalue weighted by molar-refractivity contribution is 5.91. The van der Waals surface area contributed by atoms with E-state index < -0.39 is 0 Å². The summed E-state index contributed by atoms with van der Waals surface area (Å²) in [6.07, 6.45) is 1.56. The average molecular weight is 246 g/mol. The third kappa shape index (κ3) is 2.87. The maximum atomic E-state index is 5.79. The first kappa shape index (κ1) is 12.6. The molecule has 0 aliphatic carbocycles. The lowest BCUT2D eigenvalue weighted by molar-refractivity contribution is 0.164. The van der Waals surface area contributed by atoms with Crippen molar-refractivity contribution in [3.05, 3.63) is 24.5 Å². The molecule has 5 heteroatoms. The summed E-state index contributed by atoms with van der Waals surface area (Å²) >= 11 is 0. The van der Waals surface area contributed by atoms with Crippen LogP contribution in [0.25, 0.3) is 10.9 Å². The summed E-state index contributed by atoms with van der Waals surface area (Å²) in [7, 11) is 1.71. The normalized spacial score (nSPS) is 12.6. The predicted molar refractivity (Wildman–Crippen MR) is 73.5 cm³/mol. The van der Waals surface area contributed by atoms with E-state index in [-0.39, 0.29) is 0 Å². The van der Waals surface area contributed by atoms with Crippen LogP contribution in [0.15, 0.2) is 24.5 Å². The molecule has 0 fully saturated rings. The maximum Gasteiger partial charge on any atom is 0.137 e. The number of hydrogen-bond donors (Lipinski definition) is 2. The van der Waals surface area contributed by atoms with Gasteiger partial charge in [0.15, 0.2) is 0 Å². The Bertz CT molecular complexity index is 529. The van der Waals surface area contributed by atoms with E-state index >= 15 is 0 Å². The fourth-order valence-corrected chi connectivity index (χ4v) is 1.83. The number of rotatable bonds is 5. The van der Waals surface area contributed by atoms with Crippen LogP contribution in [0.2, 0.25) is 0 Å². The lowest BCUT2D eigenvalue weighted by Gasteiger charge is -2.13. The Balaban J connectivity index is 2.19. The van der Waals surface area contributed by atoms with E-state index in [1.54, 1.807) is 13.4 Å². The fraction of sp³-hybridized carbons (Fsp3) is 0.385. The van der Waals surface area contributed by atoms with Crippen molar-refractivity contribution < 1.29 is 4.74 Å². The largest absolute Gasteiger partial charge is 0.399 e. The Morgan fingerprint density at radius 1 is 1.39 bits per heavy atom. The van der Waals surface area contributed by atoms with Gasteiger partial charge in [-0.05, 0) is 24.1 Å². The Morgan fingerprint density at radius 3 is 3.00 bits per heavy atom. The average Bonchev–Trinajstić information content (AvgIpc) is 2.36. The molecular formula is C13H18N4O. The molecule has 1 atom stereocenters. The van der Waals surface area contributed by atoms with Crippen LogP contribution in [-0.4, -0.2) is 30.2 Å². The van der Waals surface area contributed by atoms with Gasteiger partial charge in [-0.15, -0.1) is 0 Å². The summed E-state index contributed by atoms with van der Waals surface area (Å²) in [6.45, 7) is 3.64. The van der Waals surface area contributed by atoms with E-state index in [0.717, 1.165) is 29.9 Å². The minimum absolute atomic E-state index is 0.418. The van der Waals surface area contributed by atoms with Crippen molar-refractivity contribution in [2.75, 3.05) is 31.3 Å². The molecule has 0 radical (unpaired) electrons. The molecule has 3 N–H and O–H groups in total. The van der Waals surface area contributed by atoms with Crippen molar-refractivity contribution in [2.24, 2.45) is 5.92 Å². The number of fused-ring (bicyclic) bond motifs is 1. The van der Waals surface area contributed by atoms with Gasteiger partial charge in [-0.25, -0.2) is 9.97 Å². The van der Waals surface area contributed by atoms with Gasteiger partial charge in [-0.1, -0.05) is 6.92 Å². The molecule has 1 aromatic carbocycles. The molecule has 1 unspecified atom stereocenters. The van der Waals surface area contributed by atoms with Gasteiger partial charge in [-0.3, -0.25) is 0 Å². The molecule has 0 bridgehead atoms. The number of benzene rings is 1. The number of hydrogen-bond acceptors (Lipinski definition) is 5. The molecule has 0 saturated carbocycles. The van der Waals surface area contributed by atoms with Gasteiger partial charge in [0, 0.05) is 24.7 Å². The molecule has 0 saturated heterocycles. The first-order valence-electron chi connectivity index (χ1n) is 5.93. The van der Waals surface area contributed by atoms with Gasteiger partial charge >= 0.3 is 0 Å². The molecule has 0 aliphatic rings. The SMILES string of the molecule is COCC(C)CNc1ncnc2ccc(N)cc12.